The lowest BCUT2D eigenvalue weighted by atomic mass is 9.75. The minimum atomic E-state index is -0.413. The van der Waals surface area contributed by atoms with Crippen LogP contribution in [0.1, 0.15) is 45.8 Å². The van der Waals surface area contributed by atoms with E-state index in [9.17, 15) is 0 Å². The van der Waals surface area contributed by atoms with Gasteiger partial charge in [-0.3, -0.25) is 0 Å². The molecule has 0 spiro atoms. The molecule has 0 saturated heterocycles. The predicted molar refractivity (Wildman–Crippen MR) is 65.8 cm³/mol. The van der Waals surface area contributed by atoms with Crippen LogP contribution in [0.4, 0.5) is 0 Å². The van der Waals surface area contributed by atoms with Gasteiger partial charge >= 0.3 is 0 Å². The van der Waals surface area contributed by atoms with E-state index < -0.39 is 5.54 Å². The summed E-state index contributed by atoms with van der Waals surface area (Å²) < 4.78 is 10.3. The molecule has 0 aliphatic heterocycles. The second-order valence-corrected chi connectivity index (χ2v) is 5.46. The molecule has 0 radical (unpaired) electrons. The molecule has 98 valence electrons. The Labute approximate surface area is 103 Å². The number of methoxy groups -OCH3 is 1. The zero-order chi connectivity index (χ0) is 13.1. The van der Waals surface area contributed by atoms with E-state index >= 15 is 0 Å². The average molecular weight is 241 g/mol. The summed E-state index contributed by atoms with van der Waals surface area (Å²) >= 11 is 0. The van der Waals surface area contributed by atoms with Crippen molar-refractivity contribution in [2.24, 2.45) is 5.73 Å². The summed E-state index contributed by atoms with van der Waals surface area (Å²) in [7, 11) is 1.68. The number of nitrogens with zero attached hydrogens (tertiary/aromatic N) is 2. The standard InChI is InChI=1S/C12H23N3O2/c1-11(2,12(3,4)13)10-14-9(15-17-10)7-6-8-16-5/h6-8,13H2,1-5H3. The molecule has 1 aromatic heterocycles. The molecule has 0 amide bonds. The summed E-state index contributed by atoms with van der Waals surface area (Å²) in [6.07, 6.45) is 1.65. The van der Waals surface area contributed by atoms with Crippen LogP contribution in [0.3, 0.4) is 0 Å². The van der Waals surface area contributed by atoms with Gasteiger partial charge in [-0.1, -0.05) is 5.16 Å². The lowest BCUT2D eigenvalue weighted by Crippen LogP contribution is -2.50. The van der Waals surface area contributed by atoms with Crippen molar-refractivity contribution in [1.82, 2.24) is 10.1 Å². The Kier molecular flexibility index (Phi) is 4.27. The molecule has 5 nitrogen and oxygen atoms in total. The van der Waals surface area contributed by atoms with E-state index in [1.54, 1.807) is 7.11 Å². The number of nitrogens with two attached hydrogens (primary N) is 1. The van der Waals surface area contributed by atoms with Gasteiger partial charge in [-0.2, -0.15) is 4.98 Å². The maximum absolute atomic E-state index is 6.13. The van der Waals surface area contributed by atoms with Gasteiger partial charge in [0.25, 0.3) is 0 Å². The molecule has 0 fully saturated rings. The molecule has 5 heteroatoms. The molecule has 1 aromatic rings. The molecule has 0 aliphatic rings. The third-order valence-electron chi connectivity index (χ3n) is 3.36. The Morgan fingerprint density at radius 1 is 1.29 bits per heavy atom. The smallest absolute Gasteiger partial charge is 0.234 e. The topological polar surface area (TPSA) is 74.2 Å². The van der Waals surface area contributed by atoms with E-state index in [4.69, 9.17) is 15.0 Å². The molecule has 0 bridgehead atoms. The molecule has 0 unspecified atom stereocenters. The number of hydrogen-bond acceptors (Lipinski definition) is 5. The second-order valence-electron chi connectivity index (χ2n) is 5.46. The second kappa shape index (κ2) is 5.14. The van der Waals surface area contributed by atoms with Gasteiger partial charge in [-0.05, 0) is 34.1 Å². The molecule has 0 saturated carbocycles. The van der Waals surface area contributed by atoms with Gasteiger partial charge in [0.1, 0.15) is 0 Å². The van der Waals surface area contributed by atoms with E-state index in [2.05, 4.69) is 10.1 Å². The van der Waals surface area contributed by atoms with E-state index in [1.165, 1.54) is 0 Å². The van der Waals surface area contributed by atoms with E-state index in [0.29, 0.717) is 12.5 Å². The van der Waals surface area contributed by atoms with Crippen LogP contribution in [0.15, 0.2) is 4.52 Å². The van der Waals surface area contributed by atoms with Gasteiger partial charge in [0.2, 0.25) is 5.89 Å². The highest BCUT2D eigenvalue weighted by Gasteiger charge is 2.40. The Morgan fingerprint density at radius 3 is 2.47 bits per heavy atom. The Hall–Kier alpha value is -0.940. The first kappa shape index (κ1) is 14.1. The average Bonchev–Trinajstić information content (AvgIpc) is 2.65. The van der Waals surface area contributed by atoms with Crippen LogP contribution >= 0.6 is 0 Å². The first-order valence-corrected chi connectivity index (χ1v) is 5.90. The quantitative estimate of drug-likeness (QED) is 0.767. The fourth-order valence-electron chi connectivity index (χ4n) is 1.26. The summed E-state index contributed by atoms with van der Waals surface area (Å²) in [5.74, 6) is 1.31. The summed E-state index contributed by atoms with van der Waals surface area (Å²) in [5.41, 5.74) is 5.37. The SMILES string of the molecule is COCCCc1noc(C(C)(C)C(C)(C)N)n1. The third kappa shape index (κ3) is 3.26. The normalized spacial score (nSPS) is 13.1. The zero-order valence-electron chi connectivity index (χ0n) is 11.4. The van der Waals surface area contributed by atoms with Gasteiger partial charge in [-0.15, -0.1) is 0 Å². The van der Waals surface area contributed by atoms with Gasteiger partial charge in [0.15, 0.2) is 5.82 Å². The number of aromatic nitrogens is 2. The fourth-order valence-corrected chi connectivity index (χ4v) is 1.26. The molecule has 0 aliphatic carbocycles. The minimum absolute atomic E-state index is 0.348. The first-order chi connectivity index (χ1) is 7.79. The Bertz CT molecular complexity index is 353. The highest BCUT2D eigenvalue weighted by molar-refractivity contribution is 5.10. The van der Waals surface area contributed by atoms with Crippen LogP contribution in [0.2, 0.25) is 0 Å². The maximum Gasteiger partial charge on any atom is 0.234 e. The molecular weight excluding hydrogens is 218 g/mol. The number of aryl methyl sites for hydroxylation is 1. The van der Waals surface area contributed by atoms with Crippen LogP contribution in [0.25, 0.3) is 0 Å². The van der Waals surface area contributed by atoms with Gasteiger partial charge in [0, 0.05) is 25.7 Å². The van der Waals surface area contributed by atoms with Crippen molar-refractivity contribution < 1.29 is 9.26 Å². The molecule has 0 aromatic carbocycles. The van der Waals surface area contributed by atoms with Gasteiger partial charge < -0.3 is 15.0 Å². The largest absolute Gasteiger partial charge is 0.385 e. The molecular formula is C12H23N3O2. The van der Waals surface area contributed by atoms with E-state index in [0.717, 1.165) is 18.7 Å². The van der Waals surface area contributed by atoms with Crippen molar-refractivity contribution in [2.75, 3.05) is 13.7 Å². The van der Waals surface area contributed by atoms with Crippen LogP contribution in [0, 0.1) is 0 Å². The lowest BCUT2D eigenvalue weighted by Gasteiger charge is -2.34. The highest BCUT2D eigenvalue weighted by atomic mass is 16.5. The summed E-state index contributed by atoms with van der Waals surface area (Å²) in [6.45, 7) is 8.65. The van der Waals surface area contributed by atoms with Crippen molar-refractivity contribution >= 4 is 0 Å². The van der Waals surface area contributed by atoms with Crippen molar-refractivity contribution in [2.45, 2.75) is 51.5 Å². The van der Waals surface area contributed by atoms with Crippen LogP contribution in [-0.2, 0) is 16.6 Å². The zero-order valence-corrected chi connectivity index (χ0v) is 11.4. The summed E-state index contributed by atoms with van der Waals surface area (Å²) in [5, 5.41) is 3.97. The van der Waals surface area contributed by atoms with Crippen molar-refractivity contribution in [1.29, 1.82) is 0 Å². The van der Waals surface area contributed by atoms with Crippen LogP contribution < -0.4 is 5.73 Å². The van der Waals surface area contributed by atoms with Crippen molar-refractivity contribution in [3.63, 3.8) is 0 Å². The highest BCUT2D eigenvalue weighted by Crippen LogP contribution is 2.31. The van der Waals surface area contributed by atoms with Gasteiger partial charge in [0.05, 0.1) is 5.41 Å². The Morgan fingerprint density at radius 2 is 1.94 bits per heavy atom. The van der Waals surface area contributed by atoms with Crippen LogP contribution in [0.5, 0.6) is 0 Å². The van der Waals surface area contributed by atoms with Gasteiger partial charge in [-0.25, -0.2) is 0 Å². The summed E-state index contributed by atoms with van der Waals surface area (Å²) in [6, 6.07) is 0. The molecule has 17 heavy (non-hydrogen) atoms. The third-order valence-corrected chi connectivity index (χ3v) is 3.36. The molecule has 0 atom stereocenters. The monoisotopic (exact) mass is 241 g/mol. The van der Waals surface area contributed by atoms with E-state index in [1.807, 2.05) is 27.7 Å². The number of hydrogen-bond donors (Lipinski definition) is 1. The number of rotatable bonds is 6. The predicted octanol–water partition coefficient (Wildman–Crippen LogP) is 1.66. The fraction of sp³-hybridized carbons (Fsp3) is 0.833. The molecule has 1 rings (SSSR count). The maximum atomic E-state index is 6.13. The Balaban J connectivity index is 2.74. The molecule has 2 N–H and O–H groups in total. The van der Waals surface area contributed by atoms with E-state index in [-0.39, 0.29) is 5.41 Å². The first-order valence-electron chi connectivity index (χ1n) is 5.90. The van der Waals surface area contributed by atoms with Crippen molar-refractivity contribution in [3.8, 4) is 0 Å². The molecule has 1 heterocycles. The number of ether oxygens (including phenoxy) is 1. The van der Waals surface area contributed by atoms with Crippen LogP contribution in [-0.4, -0.2) is 29.4 Å². The lowest BCUT2D eigenvalue weighted by molar-refractivity contribution is 0.194. The minimum Gasteiger partial charge on any atom is -0.385 e. The summed E-state index contributed by atoms with van der Waals surface area (Å²) in [4.78, 5) is 4.41. The van der Waals surface area contributed by atoms with Crippen molar-refractivity contribution in [3.05, 3.63) is 11.7 Å².